The summed E-state index contributed by atoms with van der Waals surface area (Å²) < 4.78 is 0. The number of aliphatic hydroxyl groups is 1. The molecule has 118 valence electrons. The molecule has 0 spiro atoms. The average molecular weight is 294 g/mol. The lowest BCUT2D eigenvalue weighted by Gasteiger charge is -2.34. The number of hydrogen-bond acceptors (Lipinski definition) is 3. The lowest BCUT2D eigenvalue weighted by atomic mass is 9.96. The normalized spacial score (nSPS) is 27.3. The van der Waals surface area contributed by atoms with E-state index >= 15 is 0 Å². The van der Waals surface area contributed by atoms with Gasteiger partial charge in [0.05, 0.1) is 12.0 Å². The molecule has 0 aromatic rings. The molecule has 3 rings (SSSR count). The molecule has 1 N–H and O–H groups in total. The molecule has 2 amide bonds. The zero-order valence-corrected chi connectivity index (χ0v) is 12.8. The van der Waals surface area contributed by atoms with Crippen molar-refractivity contribution in [1.29, 1.82) is 0 Å². The van der Waals surface area contributed by atoms with Crippen LogP contribution < -0.4 is 0 Å². The summed E-state index contributed by atoms with van der Waals surface area (Å²) in [5, 5.41) is 9.97. The molecule has 0 aromatic heterocycles. The van der Waals surface area contributed by atoms with E-state index in [9.17, 15) is 14.7 Å². The van der Waals surface area contributed by atoms with E-state index in [1.807, 2.05) is 4.90 Å². The highest BCUT2D eigenvalue weighted by atomic mass is 16.3. The first-order valence-electron chi connectivity index (χ1n) is 8.28. The van der Waals surface area contributed by atoms with E-state index in [1.54, 1.807) is 11.9 Å². The van der Waals surface area contributed by atoms with Crippen molar-refractivity contribution in [3.05, 3.63) is 0 Å². The molecule has 5 heteroatoms. The van der Waals surface area contributed by atoms with Gasteiger partial charge in [-0.15, -0.1) is 0 Å². The lowest BCUT2D eigenvalue weighted by Crippen LogP contribution is -2.47. The lowest BCUT2D eigenvalue weighted by molar-refractivity contribution is -0.141. The maximum Gasteiger partial charge on any atom is 0.227 e. The molecule has 5 nitrogen and oxygen atoms in total. The van der Waals surface area contributed by atoms with Crippen LogP contribution in [0.15, 0.2) is 0 Å². The molecule has 2 atom stereocenters. The number of likely N-dealkylation sites (tertiary alicyclic amines) is 1. The molecule has 0 bridgehead atoms. The minimum atomic E-state index is -0.383. The summed E-state index contributed by atoms with van der Waals surface area (Å²) in [5.41, 5.74) is 0. The first-order chi connectivity index (χ1) is 10.1. The zero-order valence-electron chi connectivity index (χ0n) is 12.8. The van der Waals surface area contributed by atoms with Crippen LogP contribution >= 0.6 is 0 Å². The zero-order chi connectivity index (χ0) is 15.0. The van der Waals surface area contributed by atoms with Crippen molar-refractivity contribution in [1.82, 2.24) is 9.80 Å². The van der Waals surface area contributed by atoms with E-state index in [0.717, 1.165) is 45.1 Å². The van der Waals surface area contributed by atoms with Gasteiger partial charge in [0.1, 0.15) is 0 Å². The Balaban J connectivity index is 1.51. The van der Waals surface area contributed by atoms with Crippen molar-refractivity contribution in [2.24, 2.45) is 17.8 Å². The summed E-state index contributed by atoms with van der Waals surface area (Å²) in [7, 11) is 1.77. The van der Waals surface area contributed by atoms with Gasteiger partial charge in [0, 0.05) is 32.6 Å². The number of likely N-dealkylation sites (N-methyl/N-ethyl adjacent to an activating group) is 1. The van der Waals surface area contributed by atoms with Gasteiger partial charge in [-0.3, -0.25) is 9.59 Å². The average Bonchev–Trinajstić information content (AvgIpc) is 3.37. The maximum atomic E-state index is 12.5. The van der Waals surface area contributed by atoms with Gasteiger partial charge < -0.3 is 14.9 Å². The van der Waals surface area contributed by atoms with Crippen LogP contribution in [0.5, 0.6) is 0 Å². The fourth-order valence-electron chi connectivity index (χ4n) is 3.28. The molecule has 3 fully saturated rings. The fraction of sp³-hybridized carbons (Fsp3) is 0.875. The number of nitrogens with zero attached hydrogens (tertiary/aromatic N) is 2. The first kappa shape index (κ1) is 14.8. The van der Waals surface area contributed by atoms with Gasteiger partial charge in [-0.25, -0.2) is 0 Å². The van der Waals surface area contributed by atoms with E-state index in [0.29, 0.717) is 19.0 Å². The van der Waals surface area contributed by atoms with E-state index in [2.05, 4.69) is 0 Å². The molecule has 2 aliphatic carbocycles. The number of carbonyl (C=O) groups excluding carboxylic acids is 2. The van der Waals surface area contributed by atoms with Crippen LogP contribution in [0.3, 0.4) is 0 Å². The molecule has 0 radical (unpaired) electrons. The van der Waals surface area contributed by atoms with Crippen LogP contribution in [0.1, 0.15) is 38.5 Å². The molecular formula is C16H26N2O3. The monoisotopic (exact) mass is 294 g/mol. The summed E-state index contributed by atoms with van der Waals surface area (Å²) in [5.74, 6) is 0.863. The van der Waals surface area contributed by atoms with Crippen LogP contribution in [0.4, 0.5) is 0 Å². The van der Waals surface area contributed by atoms with Crippen molar-refractivity contribution < 1.29 is 14.7 Å². The molecule has 21 heavy (non-hydrogen) atoms. The van der Waals surface area contributed by atoms with Crippen molar-refractivity contribution in [2.75, 3.05) is 26.7 Å². The third-order valence-corrected chi connectivity index (χ3v) is 5.01. The number of rotatable bonds is 5. The first-order valence-corrected chi connectivity index (χ1v) is 8.28. The van der Waals surface area contributed by atoms with Crippen molar-refractivity contribution >= 4 is 11.8 Å². The topological polar surface area (TPSA) is 60.9 Å². The third-order valence-electron chi connectivity index (χ3n) is 5.01. The van der Waals surface area contributed by atoms with Crippen LogP contribution in [0.2, 0.25) is 0 Å². The number of amides is 2. The Bertz CT molecular complexity index is 418. The van der Waals surface area contributed by atoms with Gasteiger partial charge in [-0.1, -0.05) is 0 Å². The highest BCUT2D eigenvalue weighted by Gasteiger charge is 2.38. The summed E-state index contributed by atoms with van der Waals surface area (Å²) >= 11 is 0. The Hall–Kier alpha value is -1.10. The van der Waals surface area contributed by atoms with Crippen LogP contribution in [-0.4, -0.2) is 59.5 Å². The van der Waals surface area contributed by atoms with Gasteiger partial charge in [0.2, 0.25) is 11.8 Å². The number of hydrogen-bond donors (Lipinski definition) is 1. The Labute approximate surface area is 126 Å². The van der Waals surface area contributed by atoms with Crippen molar-refractivity contribution in [2.45, 2.75) is 44.6 Å². The Kier molecular flexibility index (Phi) is 4.20. The summed E-state index contributed by atoms with van der Waals surface area (Å²) in [6.07, 6.45) is 5.58. The molecule has 1 aliphatic heterocycles. The minimum Gasteiger partial charge on any atom is -0.391 e. The second-order valence-electron chi connectivity index (χ2n) is 7.02. The fourth-order valence-corrected chi connectivity index (χ4v) is 3.28. The Morgan fingerprint density at radius 3 is 2.52 bits per heavy atom. The molecule has 0 aromatic carbocycles. The van der Waals surface area contributed by atoms with E-state index in [1.165, 1.54) is 0 Å². The maximum absolute atomic E-state index is 12.5. The standard InChI is InChI=1S/C16H26N2O3/c1-17(10-14(19)11-4-5-11)15(20)13-3-2-8-18(9-13)16(21)12-6-7-12/h11-14,19H,2-10H2,1H3/t13-,14+/m0/s1. The third kappa shape index (κ3) is 3.57. The van der Waals surface area contributed by atoms with E-state index in [-0.39, 0.29) is 29.8 Å². The number of piperidine rings is 1. The predicted octanol–water partition coefficient (Wildman–Crippen LogP) is 0.864. The second-order valence-corrected chi connectivity index (χ2v) is 7.02. The molecule has 0 unspecified atom stereocenters. The minimum absolute atomic E-state index is 0.0853. The van der Waals surface area contributed by atoms with Gasteiger partial charge >= 0.3 is 0 Å². The molecular weight excluding hydrogens is 268 g/mol. The number of carbonyl (C=O) groups is 2. The van der Waals surface area contributed by atoms with Crippen molar-refractivity contribution in [3.63, 3.8) is 0 Å². The quantitative estimate of drug-likeness (QED) is 0.818. The molecule has 1 saturated heterocycles. The van der Waals surface area contributed by atoms with Crippen LogP contribution in [0, 0.1) is 17.8 Å². The smallest absolute Gasteiger partial charge is 0.227 e. The number of aliphatic hydroxyl groups excluding tert-OH is 1. The predicted molar refractivity (Wildman–Crippen MR) is 78.4 cm³/mol. The van der Waals surface area contributed by atoms with Gasteiger partial charge in [0.15, 0.2) is 0 Å². The Morgan fingerprint density at radius 2 is 1.90 bits per heavy atom. The SMILES string of the molecule is CN(C[C@@H](O)C1CC1)C(=O)[C@H]1CCCN(C(=O)C2CC2)C1. The largest absolute Gasteiger partial charge is 0.391 e. The second kappa shape index (κ2) is 5.95. The highest BCUT2D eigenvalue weighted by Crippen LogP contribution is 2.34. The van der Waals surface area contributed by atoms with Gasteiger partial charge in [-0.2, -0.15) is 0 Å². The van der Waals surface area contributed by atoms with E-state index in [4.69, 9.17) is 0 Å². The highest BCUT2D eigenvalue weighted by molar-refractivity contribution is 5.83. The van der Waals surface area contributed by atoms with Crippen molar-refractivity contribution in [3.8, 4) is 0 Å². The molecule has 1 heterocycles. The summed E-state index contributed by atoms with van der Waals surface area (Å²) in [6.45, 7) is 1.79. The van der Waals surface area contributed by atoms with E-state index < -0.39 is 0 Å². The molecule has 2 saturated carbocycles. The summed E-state index contributed by atoms with van der Waals surface area (Å²) in [6, 6.07) is 0. The van der Waals surface area contributed by atoms with Crippen LogP contribution in [0.25, 0.3) is 0 Å². The Morgan fingerprint density at radius 1 is 1.19 bits per heavy atom. The van der Waals surface area contributed by atoms with Gasteiger partial charge in [-0.05, 0) is 44.4 Å². The van der Waals surface area contributed by atoms with Gasteiger partial charge in [0.25, 0.3) is 0 Å². The van der Waals surface area contributed by atoms with Crippen LogP contribution in [-0.2, 0) is 9.59 Å². The summed E-state index contributed by atoms with van der Waals surface area (Å²) in [4.78, 5) is 28.2. The molecule has 3 aliphatic rings.